The van der Waals surface area contributed by atoms with E-state index in [2.05, 4.69) is 9.88 Å². The van der Waals surface area contributed by atoms with E-state index in [4.69, 9.17) is 0 Å². The number of sulfone groups is 1. The van der Waals surface area contributed by atoms with Gasteiger partial charge in [-0.3, -0.25) is 14.7 Å². The number of hydrogen-bond acceptors (Lipinski definition) is 5. The number of piperazine rings is 1. The molecule has 0 unspecified atom stereocenters. The Morgan fingerprint density at radius 2 is 1.69 bits per heavy atom. The van der Waals surface area contributed by atoms with Crippen LogP contribution in [0.5, 0.6) is 0 Å². The predicted octanol–water partition coefficient (Wildman–Crippen LogP) is 1.21. The Bertz CT molecular complexity index is 887. The number of carbonyl (C=O) groups is 1. The van der Waals surface area contributed by atoms with Gasteiger partial charge < -0.3 is 4.90 Å². The van der Waals surface area contributed by atoms with Gasteiger partial charge in [0.1, 0.15) is 0 Å². The summed E-state index contributed by atoms with van der Waals surface area (Å²) in [6.07, 6.45) is 3.49. The molecule has 0 aliphatic carbocycles. The van der Waals surface area contributed by atoms with Crippen molar-refractivity contribution in [3.05, 3.63) is 66.0 Å². The maximum atomic E-state index is 12.9. The fourth-order valence-corrected chi connectivity index (χ4v) is 5.95. The molecule has 7 heteroatoms. The van der Waals surface area contributed by atoms with Gasteiger partial charge in [-0.2, -0.15) is 0 Å². The molecule has 1 aromatic heterocycles. The molecule has 136 valence electrons. The lowest BCUT2D eigenvalue weighted by Crippen LogP contribution is -2.60. The average molecular weight is 371 g/mol. The Labute approximate surface area is 153 Å². The van der Waals surface area contributed by atoms with Gasteiger partial charge in [0.15, 0.2) is 9.84 Å². The second-order valence-corrected chi connectivity index (χ2v) is 9.06. The van der Waals surface area contributed by atoms with Crippen molar-refractivity contribution in [2.24, 2.45) is 0 Å². The Kier molecular flexibility index (Phi) is 4.50. The molecular formula is C19H21N3O3S. The highest BCUT2D eigenvalue weighted by molar-refractivity contribution is 7.91. The number of benzene rings is 1. The minimum Gasteiger partial charge on any atom is -0.332 e. The van der Waals surface area contributed by atoms with E-state index in [1.54, 1.807) is 29.4 Å². The van der Waals surface area contributed by atoms with E-state index in [0.29, 0.717) is 25.2 Å². The summed E-state index contributed by atoms with van der Waals surface area (Å²) >= 11 is 0. The first kappa shape index (κ1) is 17.2. The molecular weight excluding hydrogens is 350 g/mol. The molecule has 0 saturated carbocycles. The zero-order valence-electron chi connectivity index (χ0n) is 14.4. The molecule has 6 nitrogen and oxygen atoms in total. The minimum atomic E-state index is -3.15. The van der Waals surface area contributed by atoms with E-state index in [1.807, 2.05) is 30.3 Å². The van der Waals surface area contributed by atoms with E-state index in [-0.39, 0.29) is 29.5 Å². The van der Waals surface area contributed by atoms with Gasteiger partial charge >= 0.3 is 0 Å². The third-order valence-electron chi connectivity index (χ3n) is 5.21. The SMILES string of the molecule is O=C(c1ccccc1)N1CCN(Cc2ccncc2)[C@@H]2CS(=O)(=O)C[C@@H]21. The van der Waals surface area contributed by atoms with Gasteiger partial charge in [-0.15, -0.1) is 0 Å². The van der Waals surface area contributed by atoms with Crippen molar-refractivity contribution in [3.8, 4) is 0 Å². The smallest absolute Gasteiger partial charge is 0.254 e. The van der Waals surface area contributed by atoms with Crippen LogP contribution in [0, 0.1) is 0 Å². The quantitative estimate of drug-likeness (QED) is 0.811. The monoisotopic (exact) mass is 371 g/mol. The van der Waals surface area contributed by atoms with Gasteiger partial charge in [0.05, 0.1) is 17.5 Å². The van der Waals surface area contributed by atoms with Crippen molar-refractivity contribution < 1.29 is 13.2 Å². The number of carbonyl (C=O) groups excluding carboxylic acids is 1. The number of rotatable bonds is 3. The maximum absolute atomic E-state index is 12.9. The van der Waals surface area contributed by atoms with Crippen molar-refractivity contribution in [1.29, 1.82) is 0 Å². The van der Waals surface area contributed by atoms with Gasteiger partial charge in [-0.25, -0.2) is 8.42 Å². The maximum Gasteiger partial charge on any atom is 0.254 e. The summed E-state index contributed by atoms with van der Waals surface area (Å²) in [7, 11) is -3.15. The van der Waals surface area contributed by atoms with Crippen molar-refractivity contribution in [2.45, 2.75) is 18.6 Å². The Morgan fingerprint density at radius 3 is 2.42 bits per heavy atom. The molecule has 2 aliphatic rings. The van der Waals surface area contributed by atoms with E-state index >= 15 is 0 Å². The van der Waals surface area contributed by atoms with Crippen LogP contribution < -0.4 is 0 Å². The van der Waals surface area contributed by atoms with E-state index < -0.39 is 9.84 Å². The van der Waals surface area contributed by atoms with Gasteiger partial charge in [0.25, 0.3) is 5.91 Å². The zero-order chi connectivity index (χ0) is 18.1. The van der Waals surface area contributed by atoms with Crippen LogP contribution in [0.15, 0.2) is 54.9 Å². The third kappa shape index (κ3) is 3.37. The summed E-state index contributed by atoms with van der Waals surface area (Å²) in [5.74, 6) is 0.0750. The van der Waals surface area contributed by atoms with Gasteiger partial charge in [-0.1, -0.05) is 18.2 Å². The molecule has 0 spiro atoms. The topological polar surface area (TPSA) is 70.6 Å². The Morgan fingerprint density at radius 1 is 1.00 bits per heavy atom. The van der Waals surface area contributed by atoms with E-state index in [1.165, 1.54) is 0 Å². The van der Waals surface area contributed by atoms with Gasteiger partial charge in [-0.05, 0) is 29.8 Å². The highest BCUT2D eigenvalue weighted by Crippen LogP contribution is 2.29. The van der Waals surface area contributed by atoms with Crippen LogP contribution in [0.2, 0.25) is 0 Å². The van der Waals surface area contributed by atoms with Crippen LogP contribution in [-0.2, 0) is 16.4 Å². The molecule has 0 radical (unpaired) electrons. The first-order valence-electron chi connectivity index (χ1n) is 8.73. The first-order valence-corrected chi connectivity index (χ1v) is 10.5. The predicted molar refractivity (Wildman–Crippen MR) is 98.4 cm³/mol. The standard InChI is InChI=1S/C19H21N3O3S/c23-19(16-4-2-1-3-5-16)22-11-10-21(12-15-6-8-20-9-7-15)17-13-26(24,25)14-18(17)22/h1-9,17-18H,10-14H2/t17-,18+/m1/s1. The van der Waals surface area contributed by atoms with Gasteiger partial charge in [0, 0.05) is 43.6 Å². The summed E-state index contributed by atoms with van der Waals surface area (Å²) in [5, 5.41) is 0. The van der Waals surface area contributed by atoms with Crippen molar-refractivity contribution in [3.63, 3.8) is 0 Å². The molecule has 1 amide bonds. The van der Waals surface area contributed by atoms with Crippen LogP contribution in [0.4, 0.5) is 0 Å². The number of amides is 1. The second-order valence-electron chi connectivity index (χ2n) is 6.90. The summed E-state index contributed by atoms with van der Waals surface area (Å²) < 4.78 is 24.6. The first-order chi connectivity index (χ1) is 12.5. The van der Waals surface area contributed by atoms with Crippen LogP contribution in [-0.4, -0.2) is 65.8 Å². The van der Waals surface area contributed by atoms with Crippen LogP contribution >= 0.6 is 0 Å². The molecule has 3 heterocycles. The largest absolute Gasteiger partial charge is 0.332 e. The summed E-state index contributed by atoms with van der Waals surface area (Å²) in [6, 6.07) is 12.5. The normalized spacial score (nSPS) is 25.0. The van der Waals surface area contributed by atoms with Crippen LogP contribution in [0.1, 0.15) is 15.9 Å². The summed E-state index contributed by atoms with van der Waals surface area (Å²) in [5.41, 5.74) is 1.71. The number of hydrogen-bond donors (Lipinski definition) is 0. The highest BCUT2D eigenvalue weighted by atomic mass is 32.2. The summed E-state index contributed by atoms with van der Waals surface area (Å²) in [6.45, 7) is 1.87. The fourth-order valence-electron chi connectivity index (χ4n) is 3.94. The van der Waals surface area contributed by atoms with E-state index in [0.717, 1.165) is 5.56 Å². The lowest BCUT2D eigenvalue weighted by Gasteiger charge is -2.44. The second kappa shape index (κ2) is 6.81. The molecule has 2 saturated heterocycles. The molecule has 2 atom stereocenters. The minimum absolute atomic E-state index is 0.0447. The number of fused-ring (bicyclic) bond motifs is 1. The van der Waals surface area contributed by atoms with Crippen molar-refractivity contribution in [2.75, 3.05) is 24.6 Å². The lowest BCUT2D eigenvalue weighted by atomic mass is 10.0. The van der Waals surface area contributed by atoms with Gasteiger partial charge in [0.2, 0.25) is 0 Å². The molecule has 0 bridgehead atoms. The fraction of sp³-hybridized carbons (Fsp3) is 0.368. The average Bonchev–Trinajstić information content (AvgIpc) is 2.98. The molecule has 2 fully saturated rings. The van der Waals surface area contributed by atoms with Crippen molar-refractivity contribution in [1.82, 2.24) is 14.8 Å². The van der Waals surface area contributed by atoms with Crippen molar-refractivity contribution >= 4 is 15.7 Å². The van der Waals surface area contributed by atoms with E-state index in [9.17, 15) is 13.2 Å². The lowest BCUT2D eigenvalue weighted by molar-refractivity contribution is 0.0306. The molecule has 2 aromatic rings. The highest BCUT2D eigenvalue weighted by Gasteiger charge is 2.47. The number of nitrogens with zero attached hydrogens (tertiary/aromatic N) is 3. The Hall–Kier alpha value is -2.25. The zero-order valence-corrected chi connectivity index (χ0v) is 15.2. The molecule has 4 rings (SSSR count). The molecule has 1 aromatic carbocycles. The third-order valence-corrected chi connectivity index (χ3v) is 6.91. The number of aromatic nitrogens is 1. The molecule has 2 aliphatic heterocycles. The van der Waals surface area contributed by atoms with Crippen LogP contribution in [0.3, 0.4) is 0 Å². The Balaban J connectivity index is 1.59. The van der Waals surface area contributed by atoms with Crippen LogP contribution in [0.25, 0.3) is 0 Å². The number of pyridine rings is 1. The molecule has 26 heavy (non-hydrogen) atoms. The summed E-state index contributed by atoms with van der Waals surface area (Å²) in [4.78, 5) is 20.9. The molecule has 0 N–H and O–H groups in total.